The van der Waals surface area contributed by atoms with Gasteiger partial charge in [-0.05, 0) is 32.1 Å². The first kappa shape index (κ1) is 38.1. The Kier molecular flexibility index (Phi) is 22.3. The molecule has 0 N–H and O–H groups in total. The van der Waals surface area contributed by atoms with Gasteiger partial charge in [-0.1, -0.05) is 168 Å². The third-order valence-corrected chi connectivity index (χ3v) is 9.85. The molecule has 1 saturated carbocycles. The van der Waals surface area contributed by atoms with Gasteiger partial charge in [0.25, 0.3) is 0 Å². The van der Waals surface area contributed by atoms with E-state index in [4.69, 9.17) is 14.2 Å². The summed E-state index contributed by atoms with van der Waals surface area (Å²) < 4.78 is 17.3. The number of hydrogen-bond acceptors (Lipinski definition) is 5. The lowest BCUT2D eigenvalue weighted by Crippen LogP contribution is -2.70. The van der Waals surface area contributed by atoms with E-state index in [-0.39, 0.29) is 18.0 Å². The first-order valence-corrected chi connectivity index (χ1v) is 19.2. The van der Waals surface area contributed by atoms with Crippen molar-refractivity contribution in [3.8, 4) is 0 Å². The first-order valence-electron chi connectivity index (χ1n) is 19.2. The van der Waals surface area contributed by atoms with Gasteiger partial charge in [-0.2, -0.15) is 0 Å². The monoisotopic (exact) mass is 607 g/mol. The maximum Gasteiger partial charge on any atom is 0.339 e. The van der Waals surface area contributed by atoms with Gasteiger partial charge in [0.05, 0.1) is 19.3 Å². The van der Waals surface area contributed by atoms with Crippen LogP contribution in [0.5, 0.6) is 0 Å². The Morgan fingerprint density at radius 3 is 1.33 bits per heavy atom. The Morgan fingerprint density at radius 1 is 0.558 bits per heavy atom. The molecule has 0 radical (unpaired) electrons. The number of esters is 2. The molecule has 43 heavy (non-hydrogen) atoms. The summed E-state index contributed by atoms with van der Waals surface area (Å²) in [5, 5.41) is 0. The number of fused-ring (bicyclic) bond motifs is 2. The van der Waals surface area contributed by atoms with Crippen molar-refractivity contribution in [2.24, 2.45) is 5.92 Å². The minimum Gasteiger partial charge on any atom is -0.465 e. The summed E-state index contributed by atoms with van der Waals surface area (Å²) in [5.74, 6) is -1.08. The van der Waals surface area contributed by atoms with Crippen LogP contribution in [-0.2, 0) is 23.8 Å². The van der Waals surface area contributed by atoms with Crippen molar-refractivity contribution in [3.63, 3.8) is 0 Å². The minimum absolute atomic E-state index is 0.184. The highest BCUT2D eigenvalue weighted by Gasteiger charge is 2.67. The van der Waals surface area contributed by atoms with E-state index in [1.165, 1.54) is 141 Å². The molecule has 252 valence electrons. The fourth-order valence-corrected chi connectivity index (χ4v) is 7.05. The zero-order chi connectivity index (χ0) is 30.9. The van der Waals surface area contributed by atoms with Crippen LogP contribution in [0.25, 0.3) is 0 Å². The maximum absolute atomic E-state index is 13.0. The van der Waals surface area contributed by atoms with Crippen LogP contribution in [0.3, 0.4) is 0 Å². The van der Waals surface area contributed by atoms with E-state index in [2.05, 4.69) is 13.8 Å². The fourth-order valence-electron chi connectivity index (χ4n) is 7.05. The van der Waals surface area contributed by atoms with Crippen molar-refractivity contribution >= 4 is 11.9 Å². The Labute approximate surface area is 266 Å². The van der Waals surface area contributed by atoms with Crippen molar-refractivity contribution in [1.29, 1.82) is 0 Å². The van der Waals surface area contributed by atoms with Gasteiger partial charge in [0.15, 0.2) is 5.60 Å². The summed E-state index contributed by atoms with van der Waals surface area (Å²) in [6.45, 7) is 5.41. The predicted molar refractivity (Wildman–Crippen MR) is 178 cm³/mol. The van der Waals surface area contributed by atoms with Crippen molar-refractivity contribution < 1.29 is 23.8 Å². The molecule has 3 rings (SSSR count). The van der Waals surface area contributed by atoms with Crippen molar-refractivity contribution in [2.45, 2.75) is 212 Å². The Hall–Kier alpha value is -1.10. The van der Waals surface area contributed by atoms with Gasteiger partial charge in [0, 0.05) is 0 Å². The van der Waals surface area contributed by atoms with Crippen molar-refractivity contribution in [3.05, 3.63) is 0 Å². The molecule has 3 fully saturated rings. The third-order valence-electron chi connectivity index (χ3n) is 9.85. The van der Waals surface area contributed by atoms with E-state index in [1.54, 1.807) is 0 Å². The number of hydrogen-bond donors (Lipinski definition) is 0. The Morgan fingerprint density at radius 2 is 0.930 bits per heavy atom. The normalized spacial score (nSPS) is 21.0. The molecule has 3 aliphatic rings. The van der Waals surface area contributed by atoms with Gasteiger partial charge in [-0.15, -0.1) is 0 Å². The second-order valence-electron chi connectivity index (χ2n) is 13.7. The highest BCUT2D eigenvalue weighted by Crippen LogP contribution is 2.50. The topological polar surface area (TPSA) is 61.8 Å². The molecule has 0 amide bonds. The maximum atomic E-state index is 13.0. The Balaban J connectivity index is 1.46. The molecule has 0 aromatic rings. The molecule has 2 saturated heterocycles. The molecule has 1 aliphatic carbocycles. The zero-order valence-corrected chi connectivity index (χ0v) is 28.6. The molecule has 2 bridgehead atoms. The van der Waals surface area contributed by atoms with Crippen LogP contribution in [-0.4, -0.2) is 36.9 Å². The molecular formula is C38H70O5. The molecule has 3 atom stereocenters. The molecule has 5 nitrogen and oxygen atoms in total. The van der Waals surface area contributed by atoms with E-state index < -0.39 is 11.5 Å². The number of rotatable bonds is 30. The second kappa shape index (κ2) is 25.1. The summed E-state index contributed by atoms with van der Waals surface area (Å²) in [6, 6.07) is 0. The quantitative estimate of drug-likeness (QED) is 0.0601. The lowest BCUT2D eigenvalue weighted by atomic mass is 9.67. The third kappa shape index (κ3) is 15.6. The van der Waals surface area contributed by atoms with Gasteiger partial charge in [-0.25, -0.2) is 4.79 Å². The van der Waals surface area contributed by atoms with Gasteiger partial charge in [0.2, 0.25) is 0 Å². The van der Waals surface area contributed by atoms with E-state index >= 15 is 0 Å². The highest BCUT2D eigenvalue weighted by molar-refractivity contribution is 5.90. The van der Waals surface area contributed by atoms with Crippen LogP contribution < -0.4 is 0 Å². The number of unbranched alkanes of at least 4 members (excludes halogenated alkanes) is 24. The minimum atomic E-state index is -1.09. The lowest BCUT2D eigenvalue weighted by Gasteiger charge is -2.54. The first-order chi connectivity index (χ1) is 21.2. The molecule has 2 aliphatic heterocycles. The summed E-state index contributed by atoms with van der Waals surface area (Å²) in [7, 11) is 0. The highest BCUT2D eigenvalue weighted by atomic mass is 16.6. The molecule has 0 spiro atoms. The van der Waals surface area contributed by atoms with Crippen LogP contribution in [0.1, 0.15) is 200 Å². The van der Waals surface area contributed by atoms with Gasteiger partial charge >= 0.3 is 11.9 Å². The van der Waals surface area contributed by atoms with Crippen molar-refractivity contribution in [1.82, 2.24) is 0 Å². The molecule has 0 aromatic carbocycles. The summed E-state index contributed by atoms with van der Waals surface area (Å²) >= 11 is 0. The fraction of sp³-hybridized carbons (Fsp3) is 0.947. The summed E-state index contributed by atoms with van der Waals surface area (Å²) in [6.07, 6.45) is 35.7. The number of carbonyl (C=O) groups is 2. The summed E-state index contributed by atoms with van der Waals surface area (Å²) in [4.78, 5) is 26.0. The average molecular weight is 607 g/mol. The molecule has 3 unspecified atom stereocenters. The van der Waals surface area contributed by atoms with Gasteiger partial charge in [-0.3, -0.25) is 4.79 Å². The van der Waals surface area contributed by atoms with Crippen LogP contribution in [0.2, 0.25) is 0 Å². The number of carbonyl (C=O) groups excluding carboxylic acids is 2. The van der Waals surface area contributed by atoms with Crippen LogP contribution >= 0.6 is 0 Å². The number of ether oxygens (including phenoxy) is 3. The Bertz CT molecular complexity index is 690. The van der Waals surface area contributed by atoms with Gasteiger partial charge < -0.3 is 14.2 Å². The standard InChI is InChI=1S/C38H70O5/c1-3-5-7-9-11-13-15-17-19-21-23-25-27-32-41-36(39)35-34-30-29-31-38(35,43-34)37(40)42-33-28-26-24-22-20-18-16-14-12-10-8-6-4-2/h34-35H,3-33H2,1-2H3. The molecule has 0 aromatic heterocycles. The zero-order valence-electron chi connectivity index (χ0n) is 28.6. The smallest absolute Gasteiger partial charge is 0.339 e. The van der Waals surface area contributed by atoms with E-state index in [0.29, 0.717) is 19.6 Å². The summed E-state index contributed by atoms with van der Waals surface area (Å²) in [5.41, 5.74) is -1.09. The van der Waals surface area contributed by atoms with E-state index in [9.17, 15) is 9.59 Å². The van der Waals surface area contributed by atoms with Crippen molar-refractivity contribution in [2.75, 3.05) is 13.2 Å². The lowest BCUT2D eigenvalue weighted by molar-refractivity contribution is -0.284. The average Bonchev–Trinajstić information content (AvgIpc) is 3.01. The van der Waals surface area contributed by atoms with Crippen LogP contribution in [0, 0.1) is 5.92 Å². The van der Waals surface area contributed by atoms with Crippen LogP contribution in [0.4, 0.5) is 0 Å². The predicted octanol–water partition coefficient (Wildman–Crippen LogP) is 11.2. The molecule has 5 heteroatoms. The van der Waals surface area contributed by atoms with Crippen LogP contribution in [0.15, 0.2) is 0 Å². The molecule has 2 heterocycles. The molecular weight excluding hydrogens is 536 g/mol. The van der Waals surface area contributed by atoms with E-state index in [0.717, 1.165) is 38.5 Å². The van der Waals surface area contributed by atoms with E-state index in [1.807, 2.05) is 0 Å². The largest absolute Gasteiger partial charge is 0.465 e. The van der Waals surface area contributed by atoms with Gasteiger partial charge in [0.1, 0.15) is 5.92 Å². The second-order valence-corrected chi connectivity index (χ2v) is 13.7. The SMILES string of the molecule is CCCCCCCCCCCCCCCOC(=O)C1C2CCCC1(C(=O)OCCCCCCCCCCCCCCC)O2.